The lowest BCUT2D eigenvalue weighted by molar-refractivity contribution is 0.425. The van der Waals surface area contributed by atoms with E-state index in [9.17, 15) is 0 Å². The second kappa shape index (κ2) is 3.71. The van der Waals surface area contributed by atoms with Crippen molar-refractivity contribution in [3.8, 4) is 0 Å². The zero-order valence-electron chi connectivity index (χ0n) is 5.74. The molecule has 1 aromatic rings. The number of hydrogen-bond acceptors (Lipinski definition) is 3. The summed E-state index contributed by atoms with van der Waals surface area (Å²) in [5, 5.41) is 17.4. The van der Waals surface area contributed by atoms with Gasteiger partial charge in [0, 0.05) is 23.7 Å². The summed E-state index contributed by atoms with van der Waals surface area (Å²) in [5.74, 6) is 0.327. The summed E-state index contributed by atoms with van der Waals surface area (Å²) in [6, 6.07) is 1.60. The summed E-state index contributed by atoms with van der Waals surface area (Å²) in [4.78, 5) is 3.77. The number of aromatic nitrogens is 1. The van der Waals surface area contributed by atoms with Crippen molar-refractivity contribution in [3.05, 3.63) is 24.0 Å². The van der Waals surface area contributed by atoms with Crippen LogP contribution in [0.5, 0.6) is 0 Å². The molecule has 0 aliphatic rings. The first-order valence-corrected chi connectivity index (χ1v) is 3.63. The normalized spacial score (nSPS) is 9.73. The van der Waals surface area contributed by atoms with Crippen LogP contribution in [0.1, 0.15) is 5.56 Å². The molecule has 0 aliphatic carbocycles. The van der Waals surface area contributed by atoms with E-state index < -0.39 is 7.12 Å². The number of pyridine rings is 1. The zero-order valence-corrected chi connectivity index (χ0v) is 6.49. The van der Waals surface area contributed by atoms with Gasteiger partial charge in [-0.2, -0.15) is 0 Å². The molecular formula is C6H7BClNO2. The van der Waals surface area contributed by atoms with Crippen molar-refractivity contribution in [1.29, 1.82) is 0 Å². The van der Waals surface area contributed by atoms with Gasteiger partial charge < -0.3 is 10.0 Å². The fourth-order valence-corrected chi connectivity index (χ4v) is 0.868. The topological polar surface area (TPSA) is 53.4 Å². The van der Waals surface area contributed by atoms with Gasteiger partial charge in [-0.25, -0.2) is 0 Å². The van der Waals surface area contributed by atoms with Gasteiger partial charge in [0.05, 0.1) is 0 Å². The van der Waals surface area contributed by atoms with Crippen LogP contribution in [0, 0.1) is 0 Å². The SMILES string of the molecule is OB(O)c1cncc(CCl)c1. The molecule has 1 heterocycles. The standard InChI is InChI=1S/C6H7BClNO2/c8-2-5-1-6(7(10)11)4-9-3-5/h1,3-4,10-11H,2H2. The van der Waals surface area contributed by atoms with Gasteiger partial charge in [-0.1, -0.05) is 6.07 Å². The van der Waals surface area contributed by atoms with Gasteiger partial charge in [0.1, 0.15) is 0 Å². The van der Waals surface area contributed by atoms with Crippen molar-refractivity contribution < 1.29 is 10.0 Å². The van der Waals surface area contributed by atoms with Crippen LogP contribution in [0.25, 0.3) is 0 Å². The molecule has 0 saturated heterocycles. The number of nitrogens with zero attached hydrogens (tertiary/aromatic N) is 1. The molecule has 0 fully saturated rings. The van der Waals surface area contributed by atoms with E-state index in [1.54, 1.807) is 12.3 Å². The Kier molecular flexibility index (Phi) is 2.88. The lowest BCUT2D eigenvalue weighted by atomic mass is 9.81. The fraction of sp³-hybridized carbons (Fsp3) is 0.167. The van der Waals surface area contributed by atoms with E-state index in [1.807, 2.05) is 0 Å². The maximum absolute atomic E-state index is 8.72. The molecule has 0 atom stereocenters. The molecule has 11 heavy (non-hydrogen) atoms. The first-order valence-electron chi connectivity index (χ1n) is 3.10. The van der Waals surface area contributed by atoms with E-state index >= 15 is 0 Å². The Hall–Kier alpha value is -0.575. The molecule has 2 N–H and O–H groups in total. The molecule has 58 valence electrons. The summed E-state index contributed by atoms with van der Waals surface area (Å²) < 4.78 is 0. The highest BCUT2D eigenvalue weighted by Gasteiger charge is 2.10. The third kappa shape index (κ3) is 2.18. The lowest BCUT2D eigenvalue weighted by Crippen LogP contribution is -2.30. The van der Waals surface area contributed by atoms with E-state index in [2.05, 4.69) is 4.98 Å². The highest BCUT2D eigenvalue weighted by Crippen LogP contribution is 1.98. The van der Waals surface area contributed by atoms with Crippen LogP contribution in [0.4, 0.5) is 0 Å². The van der Waals surface area contributed by atoms with Gasteiger partial charge in [0.25, 0.3) is 0 Å². The maximum atomic E-state index is 8.72. The molecule has 0 unspecified atom stereocenters. The summed E-state index contributed by atoms with van der Waals surface area (Å²) in [7, 11) is -1.47. The molecule has 5 heteroatoms. The Labute approximate surface area is 69.8 Å². The fourth-order valence-electron chi connectivity index (χ4n) is 0.722. The van der Waals surface area contributed by atoms with Gasteiger partial charge in [0.2, 0.25) is 0 Å². The van der Waals surface area contributed by atoms with Crippen molar-refractivity contribution >= 4 is 24.2 Å². The molecule has 1 rings (SSSR count). The summed E-state index contributed by atoms with van der Waals surface area (Å²) in [6.45, 7) is 0. The minimum atomic E-state index is -1.47. The minimum absolute atomic E-state index is 0.327. The van der Waals surface area contributed by atoms with Crippen LogP contribution in [0.3, 0.4) is 0 Å². The van der Waals surface area contributed by atoms with Gasteiger partial charge in [-0.05, 0) is 5.56 Å². The van der Waals surface area contributed by atoms with Crippen molar-refractivity contribution in [1.82, 2.24) is 4.98 Å². The van der Waals surface area contributed by atoms with Gasteiger partial charge in [0.15, 0.2) is 0 Å². The Morgan fingerprint density at radius 2 is 2.18 bits per heavy atom. The second-order valence-electron chi connectivity index (χ2n) is 2.13. The van der Waals surface area contributed by atoms with Gasteiger partial charge in [-0.3, -0.25) is 4.98 Å². The zero-order chi connectivity index (χ0) is 8.27. The van der Waals surface area contributed by atoms with Crippen molar-refractivity contribution in [2.45, 2.75) is 5.88 Å². The Morgan fingerprint density at radius 3 is 2.73 bits per heavy atom. The van der Waals surface area contributed by atoms with E-state index in [0.717, 1.165) is 5.56 Å². The lowest BCUT2D eigenvalue weighted by Gasteiger charge is -1.99. The molecule has 1 aromatic heterocycles. The summed E-state index contributed by atoms with van der Waals surface area (Å²) in [5.41, 5.74) is 1.14. The van der Waals surface area contributed by atoms with Crippen LogP contribution < -0.4 is 5.46 Å². The van der Waals surface area contributed by atoms with E-state index in [4.69, 9.17) is 21.6 Å². The average molecular weight is 171 g/mol. The monoisotopic (exact) mass is 171 g/mol. The third-order valence-electron chi connectivity index (χ3n) is 1.27. The van der Waals surface area contributed by atoms with Crippen LogP contribution in [0.15, 0.2) is 18.5 Å². The molecule has 3 nitrogen and oxygen atoms in total. The first kappa shape index (κ1) is 8.52. The second-order valence-corrected chi connectivity index (χ2v) is 2.40. The highest BCUT2D eigenvalue weighted by molar-refractivity contribution is 6.58. The summed E-state index contributed by atoms with van der Waals surface area (Å²) in [6.07, 6.45) is 2.97. The highest BCUT2D eigenvalue weighted by atomic mass is 35.5. The van der Waals surface area contributed by atoms with Crippen molar-refractivity contribution in [3.63, 3.8) is 0 Å². The third-order valence-corrected chi connectivity index (χ3v) is 1.58. The molecule has 0 radical (unpaired) electrons. The van der Waals surface area contributed by atoms with E-state index in [0.29, 0.717) is 11.3 Å². The number of halogens is 1. The Balaban J connectivity index is 2.91. The number of hydrogen-bond donors (Lipinski definition) is 2. The first-order chi connectivity index (χ1) is 5.24. The quantitative estimate of drug-likeness (QED) is 0.466. The molecule has 0 amide bonds. The number of alkyl halides is 1. The van der Waals surface area contributed by atoms with Crippen LogP contribution in [-0.2, 0) is 5.88 Å². The Morgan fingerprint density at radius 1 is 1.45 bits per heavy atom. The van der Waals surface area contributed by atoms with Gasteiger partial charge >= 0.3 is 7.12 Å². The molecular weight excluding hydrogens is 164 g/mol. The average Bonchev–Trinajstić information content (AvgIpc) is 2.05. The van der Waals surface area contributed by atoms with E-state index in [-0.39, 0.29) is 0 Å². The van der Waals surface area contributed by atoms with Crippen LogP contribution >= 0.6 is 11.6 Å². The van der Waals surface area contributed by atoms with Crippen molar-refractivity contribution in [2.75, 3.05) is 0 Å². The Bertz CT molecular complexity index is 244. The molecule has 0 aromatic carbocycles. The predicted octanol–water partition coefficient (Wildman–Crippen LogP) is -0.500. The van der Waals surface area contributed by atoms with Crippen LogP contribution in [0.2, 0.25) is 0 Å². The van der Waals surface area contributed by atoms with Gasteiger partial charge in [-0.15, -0.1) is 11.6 Å². The number of rotatable bonds is 2. The minimum Gasteiger partial charge on any atom is -0.423 e. The molecule has 0 bridgehead atoms. The predicted molar refractivity (Wildman–Crippen MR) is 43.6 cm³/mol. The summed E-state index contributed by atoms with van der Waals surface area (Å²) >= 11 is 5.50. The molecule has 0 saturated carbocycles. The van der Waals surface area contributed by atoms with Crippen LogP contribution in [-0.4, -0.2) is 22.2 Å². The largest absolute Gasteiger partial charge is 0.490 e. The molecule has 0 spiro atoms. The maximum Gasteiger partial charge on any atom is 0.490 e. The smallest absolute Gasteiger partial charge is 0.423 e. The van der Waals surface area contributed by atoms with E-state index in [1.165, 1.54) is 6.20 Å². The van der Waals surface area contributed by atoms with Crippen molar-refractivity contribution in [2.24, 2.45) is 0 Å². The molecule has 0 aliphatic heterocycles.